The molecule has 98 valence electrons. The smallest absolute Gasteiger partial charge is 0.225 e. The molecule has 0 bridgehead atoms. The number of nitrogens with two attached hydrogens (primary N) is 1. The van der Waals surface area contributed by atoms with E-state index < -0.39 is 23.6 Å². The summed E-state index contributed by atoms with van der Waals surface area (Å²) < 4.78 is 25.9. The Balaban J connectivity index is 2.65. The second-order valence-corrected chi connectivity index (χ2v) is 3.73. The van der Waals surface area contributed by atoms with Gasteiger partial charge in [-0.3, -0.25) is 4.79 Å². The average Bonchev–Trinajstić information content (AvgIpc) is 2.31. The number of amides is 1. The summed E-state index contributed by atoms with van der Waals surface area (Å²) in [7, 11) is 0. The fourth-order valence-electron chi connectivity index (χ4n) is 1.29. The highest BCUT2D eigenvalue weighted by molar-refractivity contribution is 5.90. The van der Waals surface area contributed by atoms with Gasteiger partial charge >= 0.3 is 0 Å². The van der Waals surface area contributed by atoms with Crippen molar-refractivity contribution in [3.8, 4) is 0 Å². The third-order valence-corrected chi connectivity index (χ3v) is 2.30. The van der Waals surface area contributed by atoms with Gasteiger partial charge in [-0.25, -0.2) is 8.78 Å². The van der Waals surface area contributed by atoms with Crippen LogP contribution in [0.4, 0.5) is 8.78 Å². The van der Waals surface area contributed by atoms with Gasteiger partial charge in [0.25, 0.3) is 0 Å². The van der Waals surface area contributed by atoms with Crippen molar-refractivity contribution < 1.29 is 18.8 Å². The van der Waals surface area contributed by atoms with Crippen molar-refractivity contribution in [2.45, 2.75) is 19.4 Å². The minimum Gasteiger partial charge on any atom is -0.409 e. The summed E-state index contributed by atoms with van der Waals surface area (Å²) in [5, 5.41) is 13.5. The fraction of sp³-hybridized carbons (Fsp3) is 0.273. The lowest BCUT2D eigenvalue weighted by molar-refractivity contribution is -0.120. The van der Waals surface area contributed by atoms with Gasteiger partial charge in [0, 0.05) is 6.07 Å². The zero-order chi connectivity index (χ0) is 13.7. The van der Waals surface area contributed by atoms with E-state index >= 15 is 0 Å². The molecule has 7 heteroatoms. The Morgan fingerprint density at radius 2 is 2.22 bits per heavy atom. The number of nitrogens with one attached hydrogen (secondary N) is 1. The van der Waals surface area contributed by atoms with Crippen LogP contribution in [-0.2, 0) is 11.2 Å². The Labute approximate surface area is 102 Å². The molecule has 0 saturated heterocycles. The zero-order valence-electron chi connectivity index (χ0n) is 9.65. The van der Waals surface area contributed by atoms with Crippen LogP contribution in [0.1, 0.15) is 12.5 Å². The van der Waals surface area contributed by atoms with Gasteiger partial charge in [0.1, 0.15) is 11.6 Å². The largest absolute Gasteiger partial charge is 0.409 e. The molecule has 0 aliphatic carbocycles. The molecule has 1 aromatic rings. The highest BCUT2D eigenvalue weighted by Crippen LogP contribution is 2.10. The van der Waals surface area contributed by atoms with Gasteiger partial charge in [-0.05, 0) is 18.6 Å². The van der Waals surface area contributed by atoms with E-state index in [1.807, 2.05) is 0 Å². The van der Waals surface area contributed by atoms with E-state index in [1.54, 1.807) is 0 Å². The van der Waals surface area contributed by atoms with Crippen molar-refractivity contribution in [2.75, 3.05) is 0 Å². The third-order valence-electron chi connectivity index (χ3n) is 2.30. The molecule has 0 heterocycles. The first-order valence-corrected chi connectivity index (χ1v) is 5.14. The number of amidine groups is 1. The van der Waals surface area contributed by atoms with E-state index in [0.717, 1.165) is 6.07 Å². The maximum absolute atomic E-state index is 13.3. The van der Waals surface area contributed by atoms with Crippen molar-refractivity contribution >= 4 is 11.7 Å². The van der Waals surface area contributed by atoms with Gasteiger partial charge in [0.05, 0.1) is 12.5 Å². The highest BCUT2D eigenvalue weighted by Gasteiger charge is 2.13. The molecule has 18 heavy (non-hydrogen) atoms. The van der Waals surface area contributed by atoms with Crippen LogP contribution in [0, 0.1) is 11.6 Å². The number of carbonyl (C=O) groups excluding carboxylic acids is 1. The SMILES string of the molecule is CC(NC(=O)Cc1ccc(F)cc1F)C(N)=NO. The van der Waals surface area contributed by atoms with Crippen molar-refractivity contribution in [3.05, 3.63) is 35.4 Å². The molecule has 0 spiro atoms. The number of hydrogen-bond acceptors (Lipinski definition) is 3. The molecule has 5 nitrogen and oxygen atoms in total. The standard InChI is InChI=1S/C11H13F2N3O2/c1-6(11(14)16-18)15-10(17)4-7-2-3-8(12)5-9(7)13/h2-3,5-6,18H,4H2,1H3,(H2,14,16)(H,15,17). The molecule has 0 aliphatic heterocycles. The topological polar surface area (TPSA) is 87.7 Å². The van der Waals surface area contributed by atoms with Crippen molar-refractivity contribution in [3.63, 3.8) is 0 Å². The summed E-state index contributed by atoms with van der Waals surface area (Å²) in [5.74, 6) is -2.18. The van der Waals surface area contributed by atoms with E-state index in [1.165, 1.54) is 13.0 Å². The Kier molecular flexibility index (Phi) is 4.59. The molecule has 0 saturated carbocycles. The van der Waals surface area contributed by atoms with Crippen LogP contribution in [0.3, 0.4) is 0 Å². The number of nitrogens with zero attached hydrogens (tertiary/aromatic N) is 1. The Bertz CT molecular complexity index is 477. The fourth-order valence-corrected chi connectivity index (χ4v) is 1.29. The van der Waals surface area contributed by atoms with Crippen LogP contribution in [0.5, 0.6) is 0 Å². The number of halogens is 2. The van der Waals surface area contributed by atoms with Crippen LogP contribution in [0.15, 0.2) is 23.4 Å². The second-order valence-electron chi connectivity index (χ2n) is 3.73. The lowest BCUT2D eigenvalue weighted by Gasteiger charge is -2.12. The number of carbonyl (C=O) groups is 1. The molecule has 1 amide bonds. The van der Waals surface area contributed by atoms with Crippen LogP contribution >= 0.6 is 0 Å². The minimum atomic E-state index is -0.790. The summed E-state index contributed by atoms with van der Waals surface area (Å²) in [6, 6.07) is 2.29. The summed E-state index contributed by atoms with van der Waals surface area (Å²) in [5.41, 5.74) is 5.34. The van der Waals surface area contributed by atoms with Crippen molar-refractivity contribution in [1.29, 1.82) is 0 Å². The third kappa shape index (κ3) is 3.69. The quantitative estimate of drug-likeness (QED) is 0.322. The first-order valence-electron chi connectivity index (χ1n) is 5.14. The normalized spacial score (nSPS) is 13.2. The van der Waals surface area contributed by atoms with E-state index in [-0.39, 0.29) is 17.8 Å². The molecule has 1 aromatic carbocycles. The van der Waals surface area contributed by atoms with Crippen molar-refractivity contribution in [1.82, 2.24) is 5.32 Å². The van der Waals surface area contributed by atoms with Gasteiger partial charge in [-0.1, -0.05) is 11.2 Å². The Hall–Kier alpha value is -2.18. The molecule has 0 fully saturated rings. The first-order chi connectivity index (χ1) is 8.43. The van der Waals surface area contributed by atoms with Gasteiger partial charge in [0.2, 0.25) is 5.91 Å². The Morgan fingerprint density at radius 1 is 1.56 bits per heavy atom. The van der Waals surface area contributed by atoms with Crippen molar-refractivity contribution in [2.24, 2.45) is 10.9 Å². The Morgan fingerprint density at radius 3 is 2.78 bits per heavy atom. The lowest BCUT2D eigenvalue weighted by Crippen LogP contribution is -2.43. The van der Waals surface area contributed by atoms with Gasteiger partial charge in [-0.2, -0.15) is 0 Å². The molecule has 1 atom stereocenters. The average molecular weight is 257 g/mol. The van der Waals surface area contributed by atoms with Gasteiger partial charge in [-0.15, -0.1) is 0 Å². The van der Waals surface area contributed by atoms with Crippen LogP contribution < -0.4 is 11.1 Å². The van der Waals surface area contributed by atoms with Gasteiger partial charge < -0.3 is 16.3 Å². The van der Waals surface area contributed by atoms with E-state index in [0.29, 0.717) is 6.07 Å². The molecule has 1 unspecified atom stereocenters. The highest BCUT2D eigenvalue weighted by atomic mass is 19.1. The predicted molar refractivity (Wildman–Crippen MR) is 61.1 cm³/mol. The number of hydrogen-bond donors (Lipinski definition) is 3. The monoisotopic (exact) mass is 257 g/mol. The molecule has 4 N–H and O–H groups in total. The maximum Gasteiger partial charge on any atom is 0.225 e. The first kappa shape index (κ1) is 13.9. The molecular weight excluding hydrogens is 244 g/mol. The number of rotatable bonds is 4. The number of benzene rings is 1. The van der Waals surface area contributed by atoms with E-state index in [4.69, 9.17) is 10.9 Å². The van der Waals surface area contributed by atoms with Crippen LogP contribution in [0.25, 0.3) is 0 Å². The second kappa shape index (κ2) is 5.95. The van der Waals surface area contributed by atoms with Crippen LogP contribution in [0.2, 0.25) is 0 Å². The minimum absolute atomic E-state index is 0.0700. The molecular formula is C11H13F2N3O2. The summed E-state index contributed by atoms with van der Waals surface area (Å²) in [6.45, 7) is 1.51. The van der Waals surface area contributed by atoms with E-state index in [9.17, 15) is 13.6 Å². The summed E-state index contributed by atoms with van der Waals surface area (Å²) >= 11 is 0. The predicted octanol–water partition coefficient (Wildman–Crippen LogP) is 0.758. The van der Waals surface area contributed by atoms with Gasteiger partial charge in [0.15, 0.2) is 5.84 Å². The maximum atomic E-state index is 13.3. The summed E-state index contributed by atoms with van der Waals surface area (Å²) in [6.07, 6.45) is -0.255. The molecule has 1 rings (SSSR count). The summed E-state index contributed by atoms with van der Waals surface area (Å²) in [4.78, 5) is 11.5. The zero-order valence-corrected chi connectivity index (χ0v) is 9.65. The lowest BCUT2D eigenvalue weighted by atomic mass is 10.1. The molecule has 0 aromatic heterocycles. The molecule has 0 aliphatic rings. The molecule has 0 radical (unpaired) electrons. The van der Waals surface area contributed by atoms with Crippen LogP contribution in [-0.4, -0.2) is 23.0 Å². The number of oxime groups is 1. The van der Waals surface area contributed by atoms with E-state index in [2.05, 4.69) is 10.5 Å².